The minimum atomic E-state index is 0.618. The fourth-order valence-corrected chi connectivity index (χ4v) is 2.50. The Labute approximate surface area is 116 Å². The van der Waals surface area contributed by atoms with Gasteiger partial charge >= 0.3 is 0 Å². The van der Waals surface area contributed by atoms with Crippen molar-refractivity contribution >= 4 is 22.9 Å². The monoisotopic (exact) mass is 282 g/mol. The van der Waals surface area contributed by atoms with Gasteiger partial charge in [0.15, 0.2) is 0 Å². The van der Waals surface area contributed by atoms with Crippen LogP contribution in [-0.4, -0.2) is 18.6 Å². The van der Waals surface area contributed by atoms with Crippen molar-refractivity contribution in [3.8, 4) is 5.75 Å². The van der Waals surface area contributed by atoms with Crippen LogP contribution in [0.25, 0.3) is 0 Å². The van der Waals surface area contributed by atoms with Gasteiger partial charge in [-0.05, 0) is 25.2 Å². The van der Waals surface area contributed by atoms with Crippen molar-refractivity contribution in [3.63, 3.8) is 0 Å². The largest absolute Gasteiger partial charge is 0.493 e. The molecule has 0 amide bonds. The Morgan fingerprint density at radius 1 is 1.44 bits per heavy atom. The smallest absolute Gasteiger partial charge is 0.120 e. The highest BCUT2D eigenvalue weighted by atomic mass is 35.5. The van der Waals surface area contributed by atoms with Gasteiger partial charge in [-0.1, -0.05) is 17.7 Å². The number of hydrogen-bond acceptors (Lipinski definition) is 4. The minimum Gasteiger partial charge on any atom is -0.493 e. The predicted molar refractivity (Wildman–Crippen MR) is 75.5 cm³/mol. The summed E-state index contributed by atoms with van der Waals surface area (Å²) in [5.74, 6) is 0.800. The molecule has 18 heavy (non-hydrogen) atoms. The van der Waals surface area contributed by atoms with Crippen molar-refractivity contribution in [1.82, 2.24) is 10.3 Å². The summed E-state index contributed by atoms with van der Waals surface area (Å²) in [6.07, 6.45) is 0.820. The molecule has 2 aromatic rings. The molecular formula is C13H15ClN2OS. The molecule has 0 spiro atoms. The highest BCUT2D eigenvalue weighted by Gasteiger charge is 2.02. The fourth-order valence-electron chi connectivity index (χ4n) is 1.54. The summed E-state index contributed by atoms with van der Waals surface area (Å²) in [6, 6.07) is 7.43. The first-order chi connectivity index (χ1) is 8.78. The van der Waals surface area contributed by atoms with Crippen molar-refractivity contribution in [2.24, 2.45) is 0 Å². The van der Waals surface area contributed by atoms with E-state index >= 15 is 0 Å². The molecule has 0 saturated carbocycles. The van der Waals surface area contributed by atoms with Gasteiger partial charge in [0.2, 0.25) is 0 Å². The molecule has 2 rings (SSSR count). The van der Waals surface area contributed by atoms with Gasteiger partial charge in [0.25, 0.3) is 0 Å². The van der Waals surface area contributed by atoms with Crippen LogP contribution >= 0.6 is 22.9 Å². The normalized spacial score (nSPS) is 10.6. The number of aromatic nitrogens is 1. The number of benzene rings is 1. The lowest BCUT2D eigenvalue weighted by molar-refractivity contribution is 0.321. The molecule has 1 aromatic carbocycles. The van der Waals surface area contributed by atoms with E-state index in [-0.39, 0.29) is 0 Å². The number of nitrogens with one attached hydrogen (secondary N) is 1. The summed E-state index contributed by atoms with van der Waals surface area (Å²) in [5, 5.41) is 6.95. The Morgan fingerprint density at radius 3 is 3.11 bits per heavy atom. The van der Waals surface area contributed by atoms with Crippen LogP contribution in [0.2, 0.25) is 5.02 Å². The third-order valence-corrected chi connectivity index (χ3v) is 3.53. The third-order valence-electron chi connectivity index (χ3n) is 2.34. The second-order valence-electron chi connectivity index (χ2n) is 3.82. The Balaban J connectivity index is 1.81. The number of nitrogens with zero attached hydrogens (tertiary/aromatic N) is 1. The van der Waals surface area contributed by atoms with E-state index in [1.54, 1.807) is 11.3 Å². The van der Waals surface area contributed by atoms with Crippen LogP contribution in [0.1, 0.15) is 10.7 Å². The molecule has 0 aliphatic heterocycles. The maximum Gasteiger partial charge on any atom is 0.120 e. The van der Waals surface area contributed by atoms with Gasteiger partial charge in [0.05, 0.1) is 17.3 Å². The zero-order chi connectivity index (χ0) is 12.8. The molecule has 1 N–H and O–H groups in total. The second kappa shape index (κ2) is 6.73. The molecule has 3 nitrogen and oxygen atoms in total. The molecule has 0 radical (unpaired) electrons. The van der Waals surface area contributed by atoms with Gasteiger partial charge < -0.3 is 10.1 Å². The first-order valence-electron chi connectivity index (χ1n) is 5.74. The van der Waals surface area contributed by atoms with E-state index in [1.165, 1.54) is 0 Å². The SMILES string of the molecule is CNCc1csc(CCOc2cccc(Cl)c2)n1. The van der Waals surface area contributed by atoms with Gasteiger partial charge in [0.1, 0.15) is 5.75 Å². The van der Waals surface area contributed by atoms with E-state index in [2.05, 4.69) is 15.7 Å². The Bertz CT molecular complexity index is 501. The van der Waals surface area contributed by atoms with E-state index < -0.39 is 0 Å². The van der Waals surface area contributed by atoms with Crippen LogP contribution in [0.4, 0.5) is 0 Å². The molecule has 1 heterocycles. The van der Waals surface area contributed by atoms with Gasteiger partial charge in [-0.25, -0.2) is 4.98 Å². The van der Waals surface area contributed by atoms with Crippen LogP contribution in [0.5, 0.6) is 5.75 Å². The minimum absolute atomic E-state index is 0.618. The molecule has 0 fully saturated rings. The maximum absolute atomic E-state index is 5.88. The molecule has 0 saturated heterocycles. The third kappa shape index (κ3) is 3.98. The van der Waals surface area contributed by atoms with Crippen LogP contribution < -0.4 is 10.1 Å². The van der Waals surface area contributed by atoms with Crippen molar-refractivity contribution in [3.05, 3.63) is 45.4 Å². The lowest BCUT2D eigenvalue weighted by Gasteiger charge is -2.04. The van der Waals surface area contributed by atoms with E-state index in [1.807, 2.05) is 31.3 Å². The van der Waals surface area contributed by atoms with E-state index in [9.17, 15) is 0 Å². The van der Waals surface area contributed by atoms with Crippen LogP contribution in [0, 0.1) is 0 Å². The van der Waals surface area contributed by atoms with Gasteiger partial charge in [-0.15, -0.1) is 11.3 Å². The molecular weight excluding hydrogens is 268 g/mol. The summed E-state index contributed by atoms with van der Waals surface area (Å²) < 4.78 is 5.63. The zero-order valence-electron chi connectivity index (χ0n) is 10.1. The second-order valence-corrected chi connectivity index (χ2v) is 5.20. The number of halogens is 1. The molecule has 5 heteroatoms. The summed E-state index contributed by atoms with van der Waals surface area (Å²) in [7, 11) is 1.92. The van der Waals surface area contributed by atoms with Gasteiger partial charge in [-0.3, -0.25) is 0 Å². The summed E-state index contributed by atoms with van der Waals surface area (Å²) in [4.78, 5) is 4.50. The summed E-state index contributed by atoms with van der Waals surface area (Å²) >= 11 is 7.55. The van der Waals surface area contributed by atoms with Gasteiger partial charge in [0, 0.05) is 23.4 Å². The number of hydrogen-bond donors (Lipinski definition) is 1. The molecule has 0 unspecified atom stereocenters. The van der Waals surface area contributed by atoms with Crippen molar-refractivity contribution in [1.29, 1.82) is 0 Å². The maximum atomic E-state index is 5.88. The molecule has 0 bridgehead atoms. The van der Waals surface area contributed by atoms with Crippen molar-refractivity contribution in [2.75, 3.05) is 13.7 Å². The first kappa shape index (κ1) is 13.3. The van der Waals surface area contributed by atoms with Gasteiger partial charge in [-0.2, -0.15) is 0 Å². The molecule has 0 aliphatic carbocycles. The fraction of sp³-hybridized carbons (Fsp3) is 0.308. The molecule has 0 atom stereocenters. The highest BCUT2D eigenvalue weighted by Crippen LogP contribution is 2.17. The number of ether oxygens (including phenoxy) is 1. The van der Waals surface area contributed by atoms with Crippen LogP contribution in [0.15, 0.2) is 29.6 Å². The van der Waals surface area contributed by atoms with E-state index in [0.717, 1.165) is 29.4 Å². The van der Waals surface area contributed by atoms with Crippen LogP contribution in [-0.2, 0) is 13.0 Å². The predicted octanol–water partition coefficient (Wildman–Crippen LogP) is 3.14. The standard InChI is InChI=1S/C13H15ClN2OS/c1-15-8-11-9-18-13(16-11)5-6-17-12-4-2-3-10(14)7-12/h2-4,7,9,15H,5-6,8H2,1H3. The summed E-state index contributed by atoms with van der Waals surface area (Å²) in [6.45, 7) is 1.43. The number of thiazole rings is 1. The van der Waals surface area contributed by atoms with E-state index in [0.29, 0.717) is 11.6 Å². The Kier molecular flexibility index (Phi) is 4.99. The average molecular weight is 283 g/mol. The Morgan fingerprint density at radius 2 is 2.33 bits per heavy atom. The van der Waals surface area contributed by atoms with Crippen LogP contribution in [0.3, 0.4) is 0 Å². The van der Waals surface area contributed by atoms with E-state index in [4.69, 9.17) is 16.3 Å². The lowest BCUT2D eigenvalue weighted by atomic mass is 10.3. The topological polar surface area (TPSA) is 34.1 Å². The Hall–Kier alpha value is -1.10. The molecule has 1 aromatic heterocycles. The summed E-state index contributed by atoms with van der Waals surface area (Å²) in [5.41, 5.74) is 1.08. The average Bonchev–Trinajstić information content (AvgIpc) is 2.78. The number of rotatable bonds is 6. The lowest BCUT2D eigenvalue weighted by Crippen LogP contribution is -2.06. The van der Waals surface area contributed by atoms with Crippen molar-refractivity contribution in [2.45, 2.75) is 13.0 Å². The highest BCUT2D eigenvalue weighted by molar-refractivity contribution is 7.09. The first-order valence-corrected chi connectivity index (χ1v) is 7.00. The quantitative estimate of drug-likeness (QED) is 0.884. The van der Waals surface area contributed by atoms with Crippen molar-refractivity contribution < 1.29 is 4.74 Å². The molecule has 0 aliphatic rings. The molecule has 96 valence electrons. The zero-order valence-corrected chi connectivity index (χ0v) is 11.7.